The van der Waals surface area contributed by atoms with Crippen molar-refractivity contribution < 1.29 is 22.7 Å². The molecule has 0 fully saturated rings. The number of hydrogen-bond donors (Lipinski definition) is 1. The maximum Gasteiger partial charge on any atom is 0.283 e. The standard InChI is InChI=1S/C22H20N4O5S2/c1-3-30-18-12-15(9-10-17(18)31-13-14-7-5-4-6-8-14)11-16-19(23)26-21(24-20(16)27)32-22(25-26)33(2,28)29/h4-12,23H,3,13H2,1-2H3/b16-11+,23-19?. The quantitative estimate of drug-likeness (QED) is 0.625. The van der Waals surface area contributed by atoms with Crippen LogP contribution in [-0.4, -0.2) is 47.6 Å². The van der Waals surface area contributed by atoms with Crippen molar-refractivity contribution >= 4 is 49.0 Å². The van der Waals surface area contributed by atoms with E-state index in [-0.39, 0.29) is 21.0 Å². The molecule has 1 N–H and O–H groups in total. The van der Waals surface area contributed by atoms with Crippen LogP contribution in [0, 0.1) is 5.41 Å². The average Bonchev–Trinajstić information content (AvgIpc) is 3.22. The Morgan fingerprint density at radius 3 is 2.58 bits per heavy atom. The summed E-state index contributed by atoms with van der Waals surface area (Å²) in [5.74, 6) is 0.145. The van der Waals surface area contributed by atoms with E-state index >= 15 is 0 Å². The second kappa shape index (κ2) is 9.20. The number of nitrogens with zero attached hydrogens (tertiary/aromatic N) is 3. The Hall–Kier alpha value is -3.44. The van der Waals surface area contributed by atoms with Crippen LogP contribution in [0.5, 0.6) is 11.5 Å². The molecule has 9 nitrogen and oxygen atoms in total. The zero-order valence-corrected chi connectivity index (χ0v) is 19.4. The van der Waals surface area contributed by atoms with Crippen molar-refractivity contribution in [1.29, 1.82) is 5.41 Å². The van der Waals surface area contributed by atoms with Gasteiger partial charge >= 0.3 is 0 Å². The normalized spacial score (nSPS) is 17.0. The van der Waals surface area contributed by atoms with Crippen LogP contribution in [0.25, 0.3) is 6.08 Å². The Bertz CT molecular complexity index is 1320. The maximum atomic E-state index is 12.6. The number of nitrogens with one attached hydrogen (secondary N) is 1. The summed E-state index contributed by atoms with van der Waals surface area (Å²) in [6.45, 7) is 2.64. The topological polar surface area (TPSA) is 121 Å². The summed E-state index contributed by atoms with van der Waals surface area (Å²) in [4.78, 5) is 16.4. The Morgan fingerprint density at radius 2 is 1.88 bits per heavy atom. The molecule has 0 aliphatic carbocycles. The third kappa shape index (κ3) is 4.99. The molecule has 2 aliphatic rings. The van der Waals surface area contributed by atoms with E-state index in [4.69, 9.17) is 14.9 Å². The molecule has 11 heteroatoms. The number of aliphatic imine (C=N–C) groups is 1. The summed E-state index contributed by atoms with van der Waals surface area (Å²) in [5.41, 5.74) is 1.59. The third-order valence-corrected chi connectivity index (χ3v) is 7.15. The molecule has 1 amide bonds. The molecule has 0 unspecified atom stereocenters. The number of thioether (sulfide) groups is 1. The molecule has 0 spiro atoms. The minimum absolute atomic E-state index is 0.0155. The first-order valence-corrected chi connectivity index (χ1v) is 12.6. The summed E-state index contributed by atoms with van der Waals surface area (Å²) in [6.07, 6.45) is 2.50. The van der Waals surface area contributed by atoms with E-state index in [2.05, 4.69) is 10.1 Å². The summed E-state index contributed by atoms with van der Waals surface area (Å²) in [7, 11) is -3.59. The highest BCUT2D eigenvalue weighted by molar-refractivity contribution is 8.42. The molecular weight excluding hydrogens is 464 g/mol. The van der Waals surface area contributed by atoms with Crippen LogP contribution in [0.3, 0.4) is 0 Å². The summed E-state index contributed by atoms with van der Waals surface area (Å²) < 4.78 is 35.0. The highest BCUT2D eigenvalue weighted by Crippen LogP contribution is 2.32. The van der Waals surface area contributed by atoms with Crippen LogP contribution in [0.15, 0.2) is 64.2 Å². The van der Waals surface area contributed by atoms with Gasteiger partial charge in [-0.1, -0.05) is 36.4 Å². The molecule has 0 radical (unpaired) electrons. The first-order chi connectivity index (χ1) is 15.8. The average molecular weight is 485 g/mol. The van der Waals surface area contributed by atoms with E-state index in [0.29, 0.717) is 30.3 Å². The summed E-state index contributed by atoms with van der Waals surface area (Å²) >= 11 is 0.745. The van der Waals surface area contributed by atoms with Crippen LogP contribution >= 0.6 is 11.8 Å². The highest BCUT2D eigenvalue weighted by Gasteiger charge is 2.38. The zero-order valence-electron chi connectivity index (χ0n) is 17.8. The molecule has 0 aromatic heterocycles. The molecule has 2 aromatic rings. The molecule has 0 saturated carbocycles. The second-order valence-corrected chi connectivity index (χ2v) is 10.2. The van der Waals surface area contributed by atoms with Gasteiger partial charge in [-0.25, -0.2) is 8.42 Å². The largest absolute Gasteiger partial charge is 0.490 e. The monoisotopic (exact) mass is 484 g/mol. The van der Waals surface area contributed by atoms with Crippen LogP contribution in [0.1, 0.15) is 18.1 Å². The first kappa shape index (κ1) is 22.7. The van der Waals surface area contributed by atoms with Gasteiger partial charge in [-0.15, -0.1) is 5.10 Å². The minimum atomic E-state index is -3.59. The van der Waals surface area contributed by atoms with E-state index in [1.54, 1.807) is 18.2 Å². The zero-order chi connectivity index (χ0) is 23.6. The molecule has 33 heavy (non-hydrogen) atoms. The summed E-state index contributed by atoms with van der Waals surface area (Å²) in [6, 6.07) is 14.9. The van der Waals surface area contributed by atoms with Crippen molar-refractivity contribution in [2.24, 2.45) is 10.1 Å². The van der Waals surface area contributed by atoms with Crippen molar-refractivity contribution in [2.45, 2.75) is 13.5 Å². The van der Waals surface area contributed by atoms with Gasteiger partial charge in [0.1, 0.15) is 6.61 Å². The fourth-order valence-electron chi connectivity index (χ4n) is 3.03. The van der Waals surface area contributed by atoms with Gasteiger partial charge in [0, 0.05) is 6.26 Å². The molecule has 0 saturated heterocycles. The van der Waals surface area contributed by atoms with Gasteiger partial charge in [-0.3, -0.25) is 10.2 Å². The highest BCUT2D eigenvalue weighted by atomic mass is 32.3. The van der Waals surface area contributed by atoms with Crippen molar-refractivity contribution in [1.82, 2.24) is 5.01 Å². The molecule has 4 rings (SSSR count). The Kier molecular flexibility index (Phi) is 6.34. The van der Waals surface area contributed by atoms with Gasteiger partial charge in [-0.05, 0) is 48.0 Å². The maximum absolute atomic E-state index is 12.6. The van der Waals surface area contributed by atoms with E-state index in [9.17, 15) is 13.2 Å². The number of ether oxygens (including phenoxy) is 2. The Morgan fingerprint density at radius 1 is 1.12 bits per heavy atom. The van der Waals surface area contributed by atoms with E-state index in [1.165, 1.54) is 6.08 Å². The van der Waals surface area contributed by atoms with Gasteiger partial charge in [0.15, 0.2) is 17.3 Å². The molecule has 170 valence electrons. The van der Waals surface area contributed by atoms with Gasteiger partial charge in [-0.2, -0.15) is 10.0 Å². The number of amides is 1. The molecule has 2 aliphatic heterocycles. The van der Waals surface area contributed by atoms with E-state index < -0.39 is 15.7 Å². The lowest BCUT2D eigenvalue weighted by atomic mass is 10.1. The second-order valence-electron chi connectivity index (χ2n) is 7.07. The summed E-state index contributed by atoms with van der Waals surface area (Å²) in [5, 5.41) is 13.4. The van der Waals surface area contributed by atoms with E-state index in [0.717, 1.165) is 28.6 Å². The fraction of sp³-hybridized carbons (Fsp3) is 0.182. The molecule has 2 heterocycles. The number of sulfone groups is 1. The lowest BCUT2D eigenvalue weighted by molar-refractivity contribution is -0.114. The predicted molar refractivity (Wildman–Crippen MR) is 128 cm³/mol. The van der Waals surface area contributed by atoms with Gasteiger partial charge in [0.05, 0.1) is 12.2 Å². The molecular formula is C22H20N4O5S2. The predicted octanol–water partition coefficient (Wildman–Crippen LogP) is 3.29. The van der Waals surface area contributed by atoms with Crippen molar-refractivity contribution in [3.8, 4) is 11.5 Å². The lowest BCUT2D eigenvalue weighted by Gasteiger charge is -2.20. The van der Waals surface area contributed by atoms with Crippen LogP contribution in [0.2, 0.25) is 0 Å². The number of hydrazone groups is 1. The third-order valence-electron chi connectivity index (χ3n) is 4.57. The smallest absolute Gasteiger partial charge is 0.283 e. The Balaban J connectivity index is 1.60. The van der Waals surface area contributed by atoms with Gasteiger partial charge in [0.25, 0.3) is 5.91 Å². The SMILES string of the molecule is CCOc1cc(/C=C2\C(=N)N3N=C(S(C)(=O)=O)SC3=NC2=O)ccc1OCc1ccccc1. The number of hydrogen-bond acceptors (Lipinski definition) is 8. The van der Waals surface area contributed by atoms with Crippen molar-refractivity contribution in [3.63, 3.8) is 0 Å². The lowest BCUT2D eigenvalue weighted by Crippen LogP contribution is -2.35. The van der Waals surface area contributed by atoms with Crippen LogP contribution in [0.4, 0.5) is 0 Å². The number of carbonyl (C=O) groups is 1. The number of rotatable bonds is 6. The number of benzene rings is 2. The number of carbonyl (C=O) groups excluding carboxylic acids is 1. The molecule has 2 aromatic carbocycles. The Labute approximate surface area is 195 Å². The van der Waals surface area contributed by atoms with Gasteiger partial charge in [0.2, 0.25) is 19.4 Å². The van der Waals surface area contributed by atoms with Crippen molar-refractivity contribution in [2.75, 3.05) is 12.9 Å². The molecule has 0 atom stereocenters. The number of fused-ring (bicyclic) bond motifs is 1. The number of amidine groups is 2. The minimum Gasteiger partial charge on any atom is -0.490 e. The van der Waals surface area contributed by atoms with E-state index in [1.807, 2.05) is 37.3 Å². The molecule has 0 bridgehead atoms. The fourth-order valence-corrected chi connectivity index (χ4v) is 4.71. The van der Waals surface area contributed by atoms with Gasteiger partial charge < -0.3 is 9.47 Å². The van der Waals surface area contributed by atoms with Crippen LogP contribution < -0.4 is 9.47 Å². The van der Waals surface area contributed by atoms with Crippen LogP contribution in [-0.2, 0) is 21.2 Å². The van der Waals surface area contributed by atoms with Crippen molar-refractivity contribution in [3.05, 3.63) is 65.2 Å². The first-order valence-electron chi connectivity index (χ1n) is 9.90.